The number of likely N-dealkylation sites (N-methyl/N-ethyl adjacent to an activating group) is 1. The molecule has 0 N–H and O–H groups in total. The van der Waals surface area contributed by atoms with Gasteiger partial charge in [0.1, 0.15) is 17.9 Å². The highest BCUT2D eigenvalue weighted by atomic mass is 32.1. The molecule has 2 heterocycles. The highest BCUT2D eigenvalue weighted by Gasteiger charge is 2.33. The third-order valence-electron chi connectivity index (χ3n) is 5.22. The van der Waals surface area contributed by atoms with Gasteiger partial charge in [0, 0.05) is 19.2 Å². The first kappa shape index (κ1) is 21.5. The van der Waals surface area contributed by atoms with Gasteiger partial charge in [-0.3, -0.25) is 9.69 Å². The van der Waals surface area contributed by atoms with E-state index >= 15 is 0 Å². The summed E-state index contributed by atoms with van der Waals surface area (Å²) in [6.07, 6.45) is -0.861. The summed E-state index contributed by atoms with van der Waals surface area (Å²) in [7, 11) is 0. The summed E-state index contributed by atoms with van der Waals surface area (Å²) >= 11 is 1.08. The van der Waals surface area contributed by atoms with Gasteiger partial charge in [-0.2, -0.15) is 0 Å². The molecule has 0 aliphatic carbocycles. The summed E-state index contributed by atoms with van der Waals surface area (Å²) in [4.78, 5) is 21.4. The first-order valence-electron chi connectivity index (χ1n) is 10.2. The van der Waals surface area contributed by atoms with Crippen molar-refractivity contribution in [3.05, 3.63) is 48.0 Å². The molecule has 0 fully saturated rings. The van der Waals surface area contributed by atoms with E-state index in [2.05, 4.69) is 9.88 Å². The molecule has 1 aromatic heterocycles. The third kappa shape index (κ3) is 4.47. The molecule has 4 rings (SSSR count). The quantitative estimate of drug-likeness (QED) is 0.546. The van der Waals surface area contributed by atoms with Gasteiger partial charge < -0.3 is 14.4 Å². The largest absolute Gasteiger partial charge is 0.485 e. The minimum atomic E-state index is -0.861. The standard InChI is InChI=1S/C22H23F2N3O3S/c1-3-26(4-2)9-10-27(22-25-20-15(24)11-14(23)12-19(20)31-22)21(28)18-13-29-16-7-5-6-8-17(16)30-18/h5-8,11-12,18H,3-4,9-10,13H2,1-2H3/t18-/m0/s1. The number of anilines is 1. The molecule has 2 aromatic carbocycles. The number of hydrogen-bond acceptors (Lipinski definition) is 6. The number of rotatable bonds is 7. The smallest absolute Gasteiger partial charge is 0.273 e. The Balaban J connectivity index is 1.64. The van der Waals surface area contributed by atoms with Crippen molar-refractivity contribution >= 4 is 32.6 Å². The Labute approximate surface area is 183 Å². The molecule has 0 radical (unpaired) electrons. The number of benzene rings is 2. The van der Waals surface area contributed by atoms with Crippen LogP contribution in [0.25, 0.3) is 10.2 Å². The number of carbonyl (C=O) groups excluding carboxylic acids is 1. The SMILES string of the molecule is CCN(CC)CCN(C(=O)[C@@H]1COc2ccccc2O1)c1nc2c(F)cc(F)cc2s1. The molecule has 164 valence electrons. The van der Waals surface area contributed by atoms with Crippen molar-refractivity contribution in [2.75, 3.05) is 37.7 Å². The molecule has 0 bridgehead atoms. The Bertz CT molecular complexity index is 1090. The molecule has 0 saturated heterocycles. The van der Waals surface area contributed by atoms with Crippen LogP contribution >= 0.6 is 11.3 Å². The number of amides is 1. The van der Waals surface area contributed by atoms with Crippen LogP contribution in [0.5, 0.6) is 11.5 Å². The van der Waals surface area contributed by atoms with Gasteiger partial charge in [0.2, 0.25) is 6.10 Å². The number of para-hydroxylation sites is 2. The predicted molar refractivity (Wildman–Crippen MR) is 116 cm³/mol. The van der Waals surface area contributed by atoms with Gasteiger partial charge in [0.25, 0.3) is 5.91 Å². The third-order valence-corrected chi connectivity index (χ3v) is 6.24. The lowest BCUT2D eigenvalue weighted by atomic mass is 10.2. The van der Waals surface area contributed by atoms with E-state index in [1.54, 1.807) is 18.2 Å². The van der Waals surface area contributed by atoms with Crippen molar-refractivity contribution in [1.82, 2.24) is 9.88 Å². The van der Waals surface area contributed by atoms with E-state index in [4.69, 9.17) is 9.47 Å². The summed E-state index contributed by atoms with van der Waals surface area (Å²) in [5, 5.41) is 0.305. The molecular formula is C22H23F2N3O3S. The highest BCUT2D eigenvalue weighted by Crippen LogP contribution is 2.34. The number of hydrogen-bond donors (Lipinski definition) is 0. The molecule has 1 amide bonds. The van der Waals surface area contributed by atoms with Crippen molar-refractivity contribution in [2.24, 2.45) is 0 Å². The maximum absolute atomic E-state index is 14.2. The van der Waals surface area contributed by atoms with Gasteiger partial charge >= 0.3 is 0 Å². The predicted octanol–water partition coefficient (Wildman–Crippen LogP) is 4.09. The maximum atomic E-state index is 14.2. The molecule has 6 nitrogen and oxygen atoms in total. The summed E-state index contributed by atoms with van der Waals surface area (Å²) < 4.78 is 39.8. The van der Waals surface area contributed by atoms with Crippen LogP contribution in [0.4, 0.5) is 13.9 Å². The van der Waals surface area contributed by atoms with Crippen LogP contribution in [0, 0.1) is 11.6 Å². The normalized spacial score (nSPS) is 15.5. The van der Waals surface area contributed by atoms with E-state index in [1.807, 2.05) is 19.9 Å². The molecule has 1 aliphatic heterocycles. The summed E-state index contributed by atoms with van der Waals surface area (Å²) in [5.41, 5.74) is 0.0493. The lowest BCUT2D eigenvalue weighted by Gasteiger charge is -2.30. The van der Waals surface area contributed by atoms with Gasteiger partial charge in [-0.25, -0.2) is 13.8 Å². The second kappa shape index (κ2) is 9.15. The maximum Gasteiger partial charge on any atom is 0.273 e. The minimum Gasteiger partial charge on any atom is -0.485 e. The summed E-state index contributed by atoms with van der Waals surface area (Å²) in [6.45, 7) is 6.75. The van der Waals surface area contributed by atoms with Crippen molar-refractivity contribution in [3.8, 4) is 11.5 Å². The minimum absolute atomic E-state index is 0.0493. The van der Waals surface area contributed by atoms with Crippen molar-refractivity contribution in [2.45, 2.75) is 20.0 Å². The second-order valence-corrected chi connectivity index (χ2v) is 8.12. The van der Waals surface area contributed by atoms with E-state index in [1.165, 1.54) is 11.0 Å². The molecule has 0 saturated carbocycles. The zero-order valence-corrected chi connectivity index (χ0v) is 18.1. The van der Waals surface area contributed by atoms with E-state index in [9.17, 15) is 13.6 Å². The van der Waals surface area contributed by atoms with Crippen LogP contribution in [0.2, 0.25) is 0 Å². The topological polar surface area (TPSA) is 54.9 Å². The van der Waals surface area contributed by atoms with Gasteiger partial charge in [0.15, 0.2) is 22.4 Å². The molecule has 1 aliphatic rings. The first-order chi connectivity index (χ1) is 15.0. The summed E-state index contributed by atoms with van der Waals surface area (Å²) in [6, 6.07) is 9.17. The van der Waals surface area contributed by atoms with Crippen molar-refractivity contribution in [3.63, 3.8) is 0 Å². The second-order valence-electron chi connectivity index (χ2n) is 7.11. The Kier molecular flexibility index (Phi) is 6.33. The number of halogens is 2. The van der Waals surface area contributed by atoms with Crippen molar-refractivity contribution < 1.29 is 23.0 Å². The fourth-order valence-electron chi connectivity index (χ4n) is 3.46. The van der Waals surface area contributed by atoms with Crippen LogP contribution < -0.4 is 14.4 Å². The number of aromatic nitrogens is 1. The average molecular weight is 448 g/mol. The van der Waals surface area contributed by atoms with E-state index in [0.29, 0.717) is 34.4 Å². The Morgan fingerprint density at radius 1 is 1.16 bits per heavy atom. The monoisotopic (exact) mass is 447 g/mol. The van der Waals surface area contributed by atoms with Crippen LogP contribution in [-0.4, -0.2) is 54.7 Å². The van der Waals surface area contributed by atoms with Crippen LogP contribution in [0.3, 0.4) is 0 Å². The molecule has 31 heavy (non-hydrogen) atoms. The Hall–Kier alpha value is -2.78. The zero-order chi connectivity index (χ0) is 22.0. The average Bonchev–Trinajstić information content (AvgIpc) is 3.20. The molecule has 3 aromatic rings. The Morgan fingerprint density at radius 2 is 1.90 bits per heavy atom. The molecule has 9 heteroatoms. The van der Waals surface area contributed by atoms with Crippen LogP contribution in [0.1, 0.15) is 13.8 Å². The highest BCUT2D eigenvalue weighted by molar-refractivity contribution is 7.22. The van der Waals surface area contributed by atoms with Crippen LogP contribution in [-0.2, 0) is 4.79 Å². The van der Waals surface area contributed by atoms with Gasteiger partial charge in [-0.05, 0) is 31.3 Å². The van der Waals surface area contributed by atoms with Crippen molar-refractivity contribution in [1.29, 1.82) is 0 Å². The number of nitrogens with zero attached hydrogens (tertiary/aromatic N) is 3. The van der Waals surface area contributed by atoms with Gasteiger partial charge in [0.05, 0.1) is 4.70 Å². The Morgan fingerprint density at radius 3 is 2.65 bits per heavy atom. The molecule has 0 unspecified atom stereocenters. The fraction of sp³-hybridized carbons (Fsp3) is 0.364. The zero-order valence-electron chi connectivity index (χ0n) is 17.3. The van der Waals surface area contributed by atoms with E-state index in [-0.39, 0.29) is 18.0 Å². The fourth-order valence-corrected chi connectivity index (χ4v) is 4.49. The molecule has 0 spiro atoms. The first-order valence-corrected chi connectivity index (χ1v) is 11.0. The van der Waals surface area contributed by atoms with Gasteiger partial charge in [-0.15, -0.1) is 0 Å². The lowest BCUT2D eigenvalue weighted by molar-refractivity contribution is -0.127. The van der Waals surface area contributed by atoms with Gasteiger partial charge in [-0.1, -0.05) is 37.3 Å². The van der Waals surface area contributed by atoms with E-state index in [0.717, 1.165) is 30.5 Å². The number of fused-ring (bicyclic) bond motifs is 2. The number of carbonyl (C=O) groups is 1. The van der Waals surface area contributed by atoms with E-state index < -0.39 is 17.7 Å². The lowest BCUT2D eigenvalue weighted by Crippen LogP contribution is -2.48. The number of ether oxygens (including phenoxy) is 2. The summed E-state index contributed by atoms with van der Waals surface area (Å²) in [5.74, 6) is -0.685. The molecular weight excluding hydrogens is 424 g/mol. The number of thiazole rings is 1. The van der Waals surface area contributed by atoms with Crippen LogP contribution in [0.15, 0.2) is 36.4 Å². The molecule has 1 atom stereocenters.